The Morgan fingerprint density at radius 1 is 0.909 bits per heavy atom. The molecule has 0 saturated carbocycles. The molecule has 1 N–H and O–H groups in total. The molecule has 0 aliphatic rings. The molecular formula is C10H8F3NaO7S. The summed E-state index contributed by atoms with van der Waals surface area (Å²) in [7, 11) is -4.13. The zero-order valence-electron chi connectivity index (χ0n) is 10.4. The monoisotopic (exact) mass is 352 g/mol. The van der Waals surface area contributed by atoms with Crippen LogP contribution in [0.25, 0.3) is 0 Å². The molecular weight excluding hydrogens is 344 g/mol. The van der Waals surface area contributed by atoms with E-state index >= 15 is 0 Å². The van der Waals surface area contributed by atoms with Crippen LogP contribution in [0.1, 0.15) is 20.7 Å². The maximum atomic E-state index is 13.9. The van der Waals surface area contributed by atoms with Crippen molar-refractivity contribution in [1.29, 1.82) is 0 Å². The number of hydrogen-bond donors (Lipinski definition) is 1. The predicted molar refractivity (Wildman–Crippen MR) is 66.0 cm³/mol. The molecule has 7 nitrogen and oxygen atoms in total. The van der Waals surface area contributed by atoms with E-state index in [-0.39, 0.29) is 29.6 Å². The zero-order chi connectivity index (χ0) is 16.5. The number of methoxy groups -OCH3 is 2. The van der Waals surface area contributed by atoms with E-state index in [0.717, 1.165) is 0 Å². The van der Waals surface area contributed by atoms with Crippen LogP contribution >= 0.6 is 0 Å². The molecule has 1 aromatic rings. The molecule has 0 bridgehead atoms. The molecule has 0 radical (unpaired) electrons. The molecule has 0 unspecified atom stereocenters. The van der Waals surface area contributed by atoms with Gasteiger partial charge in [0.2, 0.25) is 0 Å². The standard InChI is InChI=1S/C10H7F3O7S.Na.H/c1-19-9(14)3-5(11)4(10(15)20-2)7(13)8(6(3)12)21(16,17)18;;/h1-2H3,(H,16,17,18);;. The number of rotatable bonds is 3. The normalized spacial score (nSPS) is 10.6. The van der Waals surface area contributed by atoms with Crippen molar-refractivity contribution in [2.45, 2.75) is 4.90 Å². The zero-order valence-corrected chi connectivity index (χ0v) is 11.3. The Labute approximate surface area is 144 Å². The van der Waals surface area contributed by atoms with Crippen LogP contribution in [0.2, 0.25) is 0 Å². The Balaban J connectivity index is 0.00000441. The molecule has 0 amide bonds. The van der Waals surface area contributed by atoms with Crippen molar-refractivity contribution in [1.82, 2.24) is 0 Å². The van der Waals surface area contributed by atoms with Gasteiger partial charge in [-0.25, -0.2) is 22.8 Å². The van der Waals surface area contributed by atoms with Gasteiger partial charge in [-0.3, -0.25) is 4.55 Å². The van der Waals surface area contributed by atoms with Crippen molar-refractivity contribution < 1.29 is 45.2 Å². The topological polar surface area (TPSA) is 107 Å². The summed E-state index contributed by atoms with van der Waals surface area (Å²) in [6, 6.07) is 0. The van der Waals surface area contributed by atoms with E-state index in [1.54, 1.807) is 0 Å². The third kappa shape index (κ3) is 3.60. The van der Waals surface area contributed by atoms with Crippen molar-refractivity contribution in [3.8, 4) is 0 Å². The van der Waals surface area contributed by atoms with Crippen molar-refractivity contribution in [2.75, 3.05) is 14.2 Å². The third-order valence-corrected chi connectivity index (χ3v) is 3.19. The molecule has 1 aromatic carbocycles. The van der Waals surface area contributed by atoms with E-state index < -0.39 is 55.5 Å². The van der Waals surface area contributed by atoms with E-state index in [2.05, 4.69) is 9.47 Å². The summed E-state index contributed by atoms with van der Waals surface area (Å²) >= 11 is 0. The second kappa shape index (κ2) is 7.42. The molecule has 0 aromatic heterocycles. The first-order valence-electron chi connectivity index (χ1n) is 4.92. The molecule has 0 heterocycles. The van der Waals surface area contributed by atoms with Crippen LogP contribution in [0.15, 0.2) is 4.90 Å². The molecule has 12 heteroatoms. The minimum atomic E-state index is -5.54. The summed E-state index contributed by atoms with van der Waals surface area (Å²) in [6.45, 7) is 0. The van der Waals surface area contributed by atoms with E-state index in [1.165, 1.54) is 0 Å². The van der Waals surface area contributed by atoms with Crippen LogP contribution in [0, 0.1) is 17.5 Å². The Hall–Kier alpha value is -1.14. The van der Waals surface area contributed by atoms with Crippen molar-refractivity contribution in [2.24, 2.45) is 0 Å². The molecule has 0 saturated heterocycles. The molecule has 0 atom stereocenters. The molecule has 0 fully saturated rings. The van der Waals surface area contributed by atoms with Crippen LogP contribution in [-0.2, 0) is 19.6 Å². The van der Waals surface area contributed by atoms with Crippen LogP contribution in [0.5, 0.6) is 0 Å². The average Bonchev–Trinajstić information content (AvgIpc) is 2.35. The second-order valence-corrected chi connectivity index (χ2v) is 4.84. The average molecular weight is 352 g/mol. The van der Waals surface area contributed by atoms with E-state index in [0.29, 0.717) is 14.2 Å². The predicted octanol–water partition coefficient (Wildman–Crippen LogP) is 0.275. The number of ether oxygens (including phenoxy) is 2. The van der Waals surface area contributed by atoms with Crippen LogP contribution in [-0.4, -0.2) is 68.7 Å². The Morgan fingerprint density at radius 2 is 1.23 bits per heavy atom. The van der Waals surface area contributed by atoms with Crippen LogP contribution in [0.3, 0.4) is 0 Å². The van der Waals surface area contributed by atoms with E-state index in [9.17, 15) is 31.2 Å². The second-order valence-electron chi connectivity index (χ2n) is 3.48. The van der Waals surface area contributed by atoms with Gasteiger partial charge in [-0.15, -0.1) is 0 Å². The molecule has 0 aliphatic carbocycles. The summed E-state index contributed by atoms with van der Waals surface area (Å²) in [5.41, 5.74) is -3.32. The number of hydrogen-bond acceptors (Lipinski definition) is 6. The van der Waals surface area contributed by atoms with Crippen LogP contribution in [0.4, 0.5) is 13.2 Å². The first-order valence-corrected chi connectivity index (χ1v) is 6.36. The fraction of sp³-hybridized carbons (Fsp3) is 0.200. The SMILES string of the molecule is COC(=O)c1c(F)c(C(=O)OC)c(F)c(S(=O)(=O)O)c1F.[NaH]. The first kappa shape index (κ1) is 20.9. The van der Waals surface area contributed by atoms with Crippen molar-refractivity contribution in [3.05, 3.63) is 28.6 Å². The van der Waals surface area contributed by atoms with Crippen molar-refractivity contribution >= 4 is 51.6 Å². The Morgan fingerprint density at radius 3 is 1.45 bits per heavy atom. The van der Waals surface area contributed by atoms with Gasteiger partial charge in [-0.05, 0) is 0 Å². The Bertz CT molecular complexity index is 690. The molecule has 118 valence electrons. The van der Waals surface area contributed by atoms with Gasteiger partial charge < -0.3 is 9.47 Å². The summed E-state index contributed by atoms with van der Waals surface area (Å²) in [5.74, 6) is -9.92. The van der Waals surface area contributed by atoms with Gasteiger partial charge in [-0.1, -0.05) is 0 Å². The number of carbonyl (C=O) groups is 2. The summed E-state index contributed by atoms with van der Waals surface area (Å²) in [6.07, 6.45) is 0. The summed E-state index contributed by atoms with van der Waals surface area (Å²) < 4.78 is 80.2. The number of carbonyl (C=O) groups excluding carboxylic acids is 2. The fourth-order valence-electron chi connectivity index (χ4n) is 1.43. The van der Waals surface area contributed by atoms with Gasteiger partial charge in [0.15, 0.2) is 22.3 Å². The molecule has 22 heavy (non-hydrogen) atoms. The van der Waals surface area contributed by atoms with E-state index in [1.807, 2.05) is 0 Å². The minimum absolute atomic E-state index is 0. The Kier molecular flexibility index (Phi) is 7.03. The van der Waals surface area contributed by atoms with Gasteiger partial charge in [0.05, 0.1) is 14.2 Å². The van der Waals surface area contributed by atoms with Gasteiger partial charge >= 0.3 is 41.5 Å². The number of halogens is 3. The fourth-order valence-corrected chi connectivity index (χ4v) is 2.09. The summed E-state index contributed by atoms with van der Waals surface area (Å²) in [5, 5.41) is 0. The maximum absolute atomic E-state index is 13.9. The summed E-state index contributed by atoms with van der Waals surface area (Å²) in [4.78, 5) is 20.4. The van der Waals surface area contributed by atoms with Crippen LogP contribution < -0.4 is 0 Å². The van der Waals surface area contributed by atoms with Gasteiger partial charge in [-0.2, -0.15) is 8.42 Å². The van der Waals surface area contributed by atoms with Gasteiger partial charge in [0.1, 0.15) is 11.1 Å². The van der Waals surface area contributed by atoms with Gasteiger partial charge in [0, 0.05) is 0 Å². The quantitative estimate of drug-likeness (QED) is 0.473. The number of benzene rings is 1. The van der Waals surface area contributed by atoms with Crippen molar-refractivity contribution in [3.63, 3.8) is 0 Å². The van der Waals surface area contributed by atoms with Gasteiger partial charge in [0.25, 0.3) is 10.1 Å². The third-order valence-electron chi connectivity index (χ3n) is 2.31. The molecule has 1 rings (SSSR count). The first-order chi connectivity index (χ1) is 9.57. The number of esters is 2. The molecule has 0 aliphatic heterocycles. The molecule has 0 spiro atoms. The van der Waals surface area contributed by atoms with E-state index in [4.69, 9.17) is 4.55 Å².